The Morgan fingerprint density at radius 3 is 3.07 bits per heavy atom. The van der Waals surface area contributed by atoms with Crippen LogP contribution in [0.15, 0.2) is 23.1 Å². The highest BCUT2D eigenvalue weighted by atomic mass is 32.2. The zero-order valence-corrected chi connectivity index (χ0v) is 8.76. The van der Waals surface area contributed by atoms with Crippen LogP contribution < -0.4 is 11.1 Å². The molecule has 0 unspecified atom stereocenters. The maximum Gasteiger partial charge on any atom is 0.234 e. The van der Waals surface area contributed by atoms with Gasteiger partial charge in [-0.05, 0) is 17.7 Å². The number of carbonyl (C=O) groups is 2. The van der Waals surface area contributed by atoms with E-state index < -0.39 is 0 Å². The first-order valence-corrected chi connectivity index (χ1v) is 5.47. The number of fused-ring (bicyclic) bond motifs is 1. The second-order valence-corrected chi connectivity index (χ2v) is 4.33. The molecule has 1 heterocycles. The number of thioether (sulfide) groups is 1. The minimum Gasteiger partial charge on any atom is -0.369 e. The second kappa shape index (κ2) is 3.94. The average molecular weight is 222 g/mol. The summed E-state index contributed by atoms with van der Waals surface area (Å²) in [5, 5.41) is 2.76. The molecule has 15 heavy (non-hydrogen) atoms. The van der Waals surface area contributed by atoms with Gasteiger partial charge < -0.3 is 11.1 Å². The summed E-state index contributed by atoms with van der Waals surface area (Å²) >= 11 is 1.50. The molecule has 5 heteroatoms. The Morgan fingerprint density at radius 1 is 1.53 bits per heavy atom. The van der Waals surface area contributed by atoms with Gasteiger partial charge in [-0.3, -0.25) is 9.59 Å². The van der Waals surface area contributed by atoms with E-state index in [1.807, 2.05) is 12.1 Å². The van der Waals surface area contributed by atoms with Crippen molar-refractivity contribution in [1.29, 1.82) is 0 Å². The molecular formula is C10H10N2O2S. The van der Waals surface area contributed by atoms with Crippen molar-refractivity contribution in [2.24, 2.45) is 5.73 Å². The number of nitrogens with one attached hydrogen (secondary N) is 1. The first-order valence-electron chi connectivity index (χ1n) is 4.49. The lowest BCUT2D eigenvalue weighted by Crippen LogP contribution is -2.19. The maximum absolute atomic E-state index is 11.1. The van der Waals surface area contributed by atoms with E-state index in [-0.39, 0.29) is 18.2 Å². The fourth-order valence-corrected chi connectivity index (χ4v) is 2.23. The molecule has 0 saturated carbocycles. The highest BCUT2D eigenvalue weighted by molar-refractivity contribution is 8.00. The number of primary amides is 1. The Labute approximate surface area is 91.2 Å². The Kier molecular flexibility index (Phi) is 2.64. The van der Waals surface area contributed by atoms with Crippen LogP contribution in [0.3, 0.4) is 0 Å². The first kappa shape index (κ1) is 10.0. The van der Waals surface area contributed by atoms with Crippen molar-refractivity contribution in [3.05, 3.63) is 23.8 Å². The Hall–Kier alpha value is -1.49. The summed E-state index contributed by atoms with van der Waals surface area (Å²) in [6, 6.07) is 5.55. The van der Waals surface area contributed by atoms with Crippen LogP contribution in [0.2, 0.25) is 0 Å². The molecule has 0 saturated heterocycles. The summed E-state index contributed by atoms with van der Waals surface area (Å²) in [5.74, 6) is 0.0655. The molecule has 2 amide bonds. The smallest absolute Gasteiger partial charge is 0.234 e. The van der Waals surface area contributed by atoms with E-state index in [4.69, 9.17) is 5.73 Å². The van der Waals surface area contributed by atoms with Crippen LogP contribution in [0.4, 0.5) is 5.69 Å². The lowest BCUT2D eigenvalue weighted by atomic mass is 10.1. The monoisotopic (exact) mass is 222 g/mol. The molecule has 0 aromatic heterocycles. The molecule has 0 atom stereocenters. The van der Waals surface area contributed by atoms with Gasteiger partial charge >= 0.3 is 0 Å². The van der Waals surface area contributed by atoms with Gasteiger partial charge in [0.2, 0.25) is 11.8 Å². The molecule has 1 aliphatic heterocycles. The first-order chi connectivity index (χ1) is 7.15. The zero-order chi connectivity index (χ0) is 10.8. The Bertz CT molecular complexity index is 431. The number of hydrogen-bond donors (Lipinski definition) is 2. The second-order valence-electron chi connectivity index (χ2n) is 3.31. The van der Waals surface area contributed by atoms with Crippen LogP contribution in [-0.4, -0.2) is 17.6 Å². The van der Waals surface area contributed by atoms with Gasteiger partial charge in [-0.2, -0.15) is 0 Å². The highest BCUT2D eigenvalue weighted by Gasteiger charge is 2.15. The molecule has 0 aliphatic carbocycles. The predicted molar refractivity (Wildman–Crippen MR) is 58.7 cm³/mol. The number of nitrogens with two attached hydrogens (primary N) is 1. The molecule has 0 bridgehead atoms. The van der Waals surface area contributed by atoms with Crippen LogP contribution in [0.5, 0.6) is 0 Å². The van der Waals surface area contributed by atoms with Gasteiger partial charge in [0.05, 0.1) is 17.9 Å². The molecule has 1 aliphatic rings. The molecule has 0 fully saturated rings. The van der Waals surface area contributed by atoms with Crippen molar-refractivity contribution >= 4 is 29.3 Å². The fourth-order valence-electron chi connectivity index (χ4n) is 1.44. The van der Waals surface area contributed by atoms with E-state index in [0.717, 1.165) is 16.1 Å². The molecule has 3 N–H and O–H groups in total. The summed E-state index contributed by atoms with van der Waals surface area (Å²) in [5.41, 5.74) is 6.69. The van der Waals surface area contributed by atoms with E-state index in [2.05, 4.69) is 5.32 Å². The van der Waals surface area contributed by atoms with E-state index in [0.29, 0.717) is 5.75 Å². The summed E-state index contributed by atoms with van der Waals surface area (Å²) in [7, 11) is 0. The Morgan fingerprint density at radius 2 is 2.33 bits per heavy atom. The van der Waals surface area contributed by atoms with Gasteiger partial charge in [0, 0.05) is 4.90 Å². The van der Waals surface area contributed by atoms with Crippen LogP contribution in [0, 0.1) is 0 Å². The Balaban J connectivity index is 2.28. The fraction of sp³-hybridized carbons (Fsp3) is 0.200. The average Bonchev–Trinajstić information content (AvgIpc) is 2.16. The van der Waals surface area contributed by atoms with Gasteiger partial charge in [0.15, 0.2) is 0 Å². The number of benzene rings is 1. The lowest BCUT2D eigenvalue weighted by molar-refractivity contribution is -0.117. The van der Waals surface area contributed by atoms with Crippen LogP contribution >= 0.6 is 11.8 Å². The van der Waals surface area contributed by atoms with Crippen molar-refractivity contribution in [2.45, 2.75) is 11.3 Å². The normalized spacial score (nSPS) is 14.3. The molecule has 4 nitrogen and oxygen atoms in total. The SMILES string of the molecule is NC(=O)Cc1ccc2c(c1)NC(=O)CS2. The predicted octanol–water partition coefficient (Wildman–Crippen LogP) is 0.759. The molecule has 78 valence electrons. The molecule has 0 radical (unpaired) electrons. The minimum absolute atomic E-state index is 0.0104. The summed E-state index contributed by atoms with van der Waals surface area (Å²) < 4.78 is 0. The van der Waals surface area contributed by atoms with Crippen molar-refractivity contribution in [2.75, 3.05) is 11.1 Å². The van der Waals surface area contributed by atoms with Crippen molar-refractivity contribution in [3.63, 3.8) is 0 Å². The van der Waals surface area contributed by atoms with Crippen molar-refractivity contribution in [1.82, 2.24) is 0 Å². The zero-order valence-electron chi connectivity index (χ0n) is 7.95. The van der Waals surface area contributed by atoms with Gasteiger partial charge in [0.1, 0.15) is 0 Å². The maximum atomic E-state index is 11.1. The van der Waals surface area contributed by atoms with Crippen LogP contribution in [-0.2, 0) is 16.0 Å². The van der Waals surface area contributed by atoms with Crippen LogP contribution in [0.25, 0.3) is 0 Å². The minimum atomic E-state index is -0.371. The largest absolute Gasteiger partial charge is 0.369 e. The standard InChI is InChI=1S/C10H10N2O2S/c11-9(13)4-6-1-2-8-7(3-6)12-10(14)5-15-8/h1-3H,4-5H2,(H2,11,13)(H,12,14). The lowest BCUT2D eigenvalue weighted by Gasteiger charge is -2.16. The van der Waals surface area contributed by atoms with Crippen LogP contribution in [0.1, 0.15) is 5.56 Å². The van der Waals surface area contributed by atoms with E-state index in [1.165, 1.54) is 11.8 Å². The molecule has 0 spiro atoms. The number of carbonyl (C=O) groups excluding carboxylic acids is 2. The van der Waals surface area contributed by atoms with E-state index >= 15 is 0 Å². The quantitative estimate of drug-likeness (QED) is 0.776. The number of hydrogen-bond acceptors (Lipinski definition) is 3. The summed E-state index contributed by atoms with van der Waals surface area (Å²) in [4.78, 5) is 22.9. The summed E-state index contributed by atoms with van der Waals surface area (Å²) in [6.45, 7) is 0. The van der Waals surface area contributed by atoms with Gasteiger partial charge in [-0.25, -0.2) is 0 Å². The van der Waals surface area contributed by atoms with Gasteiger partial charge in [-0.15, -0.1) is 11.8 Å². The number of amides is 2. The molecular weight excluding hydrogens is 212 g/mol. The van der Waals surface area contributed by atoms with Crippen molar-refractivity contribution < 1.29 is 9.59 Å². The molecule has 1 aromatic carbocycles. The number of anilines is 1. The summed E-state index contributed by atoms with van der Waals surface area (Å²) in [6.07, 6.45) is 0.202. The van der Waals surface area contributed by atoms with E-state index in [9.17, 15) is 9.59 Å². The third-order valence-corrected chi connectivity index (χ3v) is 3.13. The highest BCUT2D eigenvalue weighted by Crippen LogP contribution is 2.31. The third-order valence-electron chi connectivity index (χ3n) is 2.06. The van der Waals surface area contributed by atoms with Crippen molar-refractivity contribution in [3.8, 4) is 0 Å². The number of rotatable bonds is 2. The van der Waals surface area contributed by atoms with E-state index in [1.54, 1.807) is 6.07 Å². The third kappa shape index (κ3) is 2.30. The topological polar surface area (TPSA) is 72.2 Å². The van der Waals surface area contributed by atoms with Gasteiger partial charge in [0.25, 0.3) is 0 Å². The molecule has 2 rings (SSSR count). The molecule has 1 aromatic rings. The van der Waals surface area contributed by atoms with Gasteiger partial charge in [-0.1, -0.05) is 6.07 Å².